The standard InChI is InChI=1S/C14H21N3OS/c1-15(2)8-13(18)16-10-14(11-16)4-5-17(14)7-12-3-6-19-9-12/h3,6,9H,4-5,7-8,10-11H2,1-2H3. The van der Waals surface area contributed by atoms with E-state index in [2.05, 4.69) is 21.7 Å². The van der Waals surface area contributed by atoms with Crippen molar-refractivity contribution >= 4 is 17.2 Å². The molecule has 1 spiro atoms. The normalized spacial score (nSPS) is 21.5. The lowest BCUT2D eigenvalue weighted by molar-refractivity contribution is -0.163. The van der Waals surface area contributed by atoms with Gasteiger partial charge >= 0.3 is 0 Å². The second-order valence-electron chi connectivity index (χ2n) is 6.02. The molecule has 2 fully saturated rings. The average Bonchev–Trinajstić information content (AvgIpc) is 2.74. The molecule has 0 unspecified atom stereocenters. The average molecular weight is 279 g/mol. The van der Waals surface area contributed by atoms with Gasteiger partial charge in [0, 0.05) is 26.2 Å². The molecule has 2 aliphatic heterocycles. The number of rotatable bonds is 4. The number of hydrogen-bond acceptors (Lipinski definition) is 4. The molecular formula is C14H21N3OS. The fourth-order valence-electron chi connectivity index (χ4n) is 3.01. The van der Waals surface area contributed by atoms with Gasteiger partial charge in [-0.2, -0.15) is 11.3 Å². The Kier molecular flexibility index (Phi) is 3.37. The smallest absolute Gasteiger partial charge is 0.236 e. The molecule has 2 saturated heterocycles. The predicted octanol–water partition coefficient (Wildman–Crippen LogP) is 1.10. The Balaban J connectivity index is 1.52. The molecule has 3 heterocycles. The largest absolute Gasteiger partial charge is 0.338 e. The molecule has 0 aromatic carbocycles. The zero-order valence-electron chi connectivity index (χ0n) is 11.6. The van der Waals surface area contributed by atoms with Crippen LogP contribution in [-0.2, 0) is 11.3 Å². The molecule has 104 valence electrons. The minimum Gasteiger partial charge on any atom is -0.338 e. The number of likely N-dealkylation sites (N-methyl/N-ethyl adjacent to an activating group) is 1. The lowest BCUT2D eigenvalue weighted by Crippen LogP contribution is -2.77. The first-order valence-electron chi connectivity index (χ1n) is 6.78. The first-order valence-corrected chi connectivity index (χ1v) is 7.72. The number of amides is 1. The van der Waals surface area contributed by atoms with Gasteiger partial charge in [0.1, 0.15) is 0 Å². The predicted molar refractivity (Wildman–Crippen MR) is 77.2 cm³/mol. The Hall–Kier alpha value is -0.910. The molecule has 0 bridgehead atoms. The van der Waals surface area contributed by atoms with Crippen LogP contribution in [0.2, 0.25) is 0 Å². The van der Waals surface area contributed by atoms with Crippen molar-refractivity contribution < 1.29 is 4.79 Å². The molecule has 0 radical (unpaired) electrons. The molecular weight excluding hydrogens is 258 g/mol. The summed E-state index contributed by atoms with van der Waals surface area (Å²) < 4.78 is 0. The first kappa shape index (κ1) is 13.1. The quantitative estimate of drug-likeness (QED) is 0.826. The van der Waals surface area contributed by atoms with Crippen molar-refractivity contribution in [2.45, 2.75) is 18.5 Å². The van der Waals surface area contributed by atoms with E-state index in [0.29, 0.717) is 12.1 Å². The second kappa shape index (κ2) is 4.89. The SMILES string of the molecule is CN(C)CC(=O)N1CC2(CCN2Cc2ccsc2)C1. The summed E-state index contributed by atoms with van der Waals surface area (Å²) in [5.74, 6) is 0.262. The summed E-state index contributed by atoms with van der Waals surface area (Å²) in [5.41, 5.74) is 1.70. The van der Waals surface area contributed by atoms with Gasteiger partial charge in [-0.15, -0.1) is 0 Å². The molecule has 19 heavy (non-hydrogen) atoms. The Labute approximate surface area is 118 Å². The highest BCUT2D eigenvalue weighted by atomic mass is 32.1. The van der Waals surface area contributed by atoms with E-state index >= 15 is 0 Å². The number of nitrogens with zero attached hydrogens (tertiary/aromatic N) is 3. The van der Waals surface area contributed by atoms with E-state index in [4.69, 9.17) is 0 Å². The van der Waals surface area contributed by atoms with E-state index < -0.39 is 0 Å². The summed E-state index contributed by atoms with van der Waals surface area (Å²) in [6, 6.07) is 2.20. The van der Waals surface area contributed by atoms with Crippen molar-refractivity contribution in [2.24, 2.45) is 0 Å². The fraction of sp³-hybridized carbons (Fsp3) is 0.643. The Morgan fingerprint density at radius 1 is 1.47 bits per heavy atom. The molecule has 4 nitrogen and oxygen atoms in total. The monoisotopic (exact) mass is 279 g/mol. The van der Waals surface area contributed by atoms with Crippen LogP contribution in [0.1, 0.15) is 12.0 Å². The molecule has 0 atom stereocenters. The summed E-state index contributed by atoms with van der Waals surface area (Å²) in [6.07, 6.45) is 1.24. The van der Waals surface area contributed by atoms with E-state index in [1.54, 1.807) is 11.3 Å². The lowest BCUT2D eigenvalue weighted by Gasteiger charge is -2.62. The van der Waals surface area contributed by atoms with Gasteiger partial charge in [0.25, 0.3) is 0 Å². The van der Waals surface area contributed by atoms with Crippen LogP contribution in [0.5, 0.6) is 0 Å². The number of thiophene rings is 1. The van der Waals surface area contributed by atoms with Crippen molar-refractivity contribution in [2.75, 3.05) is 40.3 Å². The number of carbonyl (C=O) groups is 1. The highest BCUT2D eigenvalue weighted by molar-refractivity contribution is 7.07. The van der Waals surface area contributed by atoms with E-state index in [9.17, 15) is 4.79 Å². The van der Waals surface area contributed by atoms with Gasteiger partial charge < -0.3 is 9.80 Å². The van der Waals surface area contributed by atoms with Crippen molar-refractivity contribution in [3.8, 4) is 0 Å². The Morgan fingerprint density at radius 3 is 2.79 bits per heavy atom. The fourth-order valence-corrected chi connectivity index (χ4v) is 3.66. The van der Waals surface area contributed by atoms with Crippen LogP contribution in [0.4, 0.5) is 0 Å². The van der Waals surface area contributed by atoms with Gasteiger partial charge in [0.2, 0.25) is 5.91 Å². The van der Waals surface area contributed by atoms with E-state index in [1.807, 2.05) is 23.9 Å². The third kappa shape index (κ3) is 2.42. The Morgan fingerprint density at radius 2 is 2.26 bits per heavy atom. The van der Waals surface area contributed by atoms with E-state index in [-0.39, 0.29) is 5.91 Å². The summed E-state index contributed by atoms with van der Waals surface area (Å²) in [4.78, 5) is 18.4. The molecule has 1 aromatic rings. The van der Waals surface area contributed by atoms with Crippen LogP contribution in [0, 0.1) is 0 Å². The zero-order chi connectivity index (χ0) is 13.5. The van der Waals surface area contributed by atoms with Crippen LogP contribution < -0.4 is 0 Å². The molecule has 1 amide bonds. The topological polar surface area (TPSA) is 26.8 Å². The van der Waals surface area contributed by atoms with Gasteiger partial charge in [-0.05, 0) is 42.9 Å². The summed E-state index contributed by atoms with van der Waals surface area (Å²) >= 11 is 1.76. The van der Waals surface area contributed by atoms with Gasteiger partial charge in [-0.1, -0.05) is 0 Å². The lowest BCUT2D eigenvalue weighted by atomic mass is 9.77. The minimum atomic E-state index is 0.262. The molecule has 0 saturated carbocycles. The molecule has 1 aromatic heterocycles. The number of carbonyl (C=O) groups excluding carboxylic acids is 1. The van der Waals surface area contributed by atoms with Crippen LogP contribution in [0.3, 0.4) is 0 Å². The van der Waals surface area contributed by atoms with Crippen molar-refractivity contribution in [1.82, 2.24) is 14.7 Å². The summed E-state index contributed by atoms with van der Waals surface area (Å²) in [7, 11) is 3.89. The van der Waals surface area contributed by atoms with Gasteiger partial charge in [0.05, 0.1) is 12.1 Å². The van der Waals surface area contributed by atoms with Crippen molar-refractivity contribution in [1.29, 1.82) is 0 Å². The molecule has 5 heteroatoms. The van der Waals surface area contributed by atoms with Gasteiger partial charge in [-0.3, -0.25) is 9.69 Å². The minimum absolute atomic E-state index is 0.262. The third-order valence-corrected chi connectivity index (χ3v) is 4.98. The van der Waals surface area contributed by atoms with Gasteiger partial charge in [-0.25, -0.2) is 0 Å². The van der Waals surface area contributed by atoms with E-state index in [1.165, 1.54) is 18.5 Å². The van der Waals surface area contributed by atoms with Crippen LogP contribution in [-0.4, -0.2) is 66.4 Å². The maximum Gasteiger partial charge on any atom is 0.236 e. The molecule has 2 aliphatic rings. The zero-order valence-corrected chi connectivity index (χ0v) is 12.4. The molecule has 3 rings (SSSR count). The first-order chi connectivity index (χ1) is 9.09. The summed E-state index contributed by atoms with van der Waals surface area (Å²) in [6.45, 7) is 4.58. The van der Waals surface area contributed by atoms with Crippen LogP contribution >= 0.6 is 11.3 Å². The van der Waals surface area contributed by atoms with E-state index in [0.717, 1.165) is 19.6 Å². The third-order valence-electron chi connectivity index (χ3n) is 4.25. The number of likely N-dealkylation sites (tertiary alicyclic amines) is 2. The number of hydrogen-bond donors (Lipinski definition) is 0. The maximum absolute atomic E-state index is 12.0. The highest BCUT2D eigenvalue weighted by Crippen LogP contribution is 2.40. The molecule has 0 N–H and O–H groups in total. The van der Waals surface area contributed by atoms with Gasteiger partial charge in [0.15, 0.2) is 0 Å². The van der Waals surface area contributed by atoms with Crippen LogP contribution in [0.25, 0.3) is 0 Å². The molecule has 0 aliphatic carbocycles. The maximum atomic E-state index is 12.0. The Bertz CT molecular complexity index is 451. The summed E-state index contributed by atoms with van der Waals surface area (Å²) in [5, 5.41) is 4.36. The highest BCUT2D eigenvalue weighted by Gasteiger charge is 2.54. The second-order valence-corrected chi connectivity index (χ2v) is 6.80. The van der Waals surface area contributed by atoms with Crippen molar-refractivity contribution in [3.05, 3.63) is 22.4 Å². The van der Waals surface area contributed by atoms with Crippen LogP contribution in [0.15, 0.2) is 16.8 Å². The van der Waals surface area contributed by atoms with Crippen molar-refractivity contribution in [3.63, 3.8) is 0 Å².